The lowest BCUT2D eigenvalue weighted by molar-refractivity contribution is -0.103. The monoisotopic (exact) mass is 443 g/mol. The number of pyridine rings is 1. The number of alkyl halides is 2. The SMILES string of the molecule is CC(F)(F)[C@@H]1C[C@@](C)(c2cc(CC(=O)c3ccc(Cl)cn3)cc(F)c2F)N=C(N)O1. The summed E-state index contributed by atoms with van der Waals surface area (Å²) in [6.07, 6.45) is -1.12. The van der Waals surface area contributed by atoms with Gasteiger partial charge in [0.2, 0.25) is 0 Å². The number of carbonyl (C=O) groups is 1. The number of ether oxygens (including phenoxy) is 1. The lowest BCUT2D eigenvalue weighted by Crippen LogP contribution is -2.46. The predicted octanol–water partition coefficient (Wildman–Crippen LogP) is 4.41. The molecule has 0 unspecified atom stereocenters. The van der Waals surface area contributed by atoms with Crippen LogP contribution in [0.2, 0.25) is 5.02 Å². The van der Waals surface area contributed by atoms with Gasteiger partial charge in [-0.15, -0.1) is 0 Å². The van der Waals surface area contributed by atoms with Crippen LogP contribution in [0.3, 0.4) is 0 Å². The summed E-state index contributed by atoms with van der Waals surface area (Å²) in [5.74, 6) is -6.23. The molecule has 2 N–H and O–H groups in total. The predicted molar refractivity (Wildman–Crippen MR) is 103 cm³/mol. The number of ketones is 1. The van der Waals surface area contributed by atoms with E-state index in [9.17, 15) is 22.4 Å². The molecule has 2 atom stereocenters. The molecule has 10 heteroatoms. The minimum absolute atomic E-state index is 0.0934. The van der Waals surface area contributed by atoms with Gasteiger partial charge in [-0.3, -0.25) is 9.78 Å². The Morgan fingerprint density at radius 1 is 1.37 bits per heavy atom. The van der Waals surface area contributed by atoms with Gasteiger partial charge in [-0.25, -0.2) is 22.6 Å². The number of hydrogen-bond donors (Lipinski definition) is 1. The molecular weight excluding hydrogens is 426 g/mol. The zero-order valence-electron chi connectivity index (χ0n) is 16.1. The van der Waals surface area contributed by atoms with Crippen molar-refractivity contribution in [3.8, 4) is 0 Å². The number of nitrogens with two attached hydrogens (primary N) is 1. The molecule has 3 rings (SSSR count). The Balaban J connectivity index is 1.97. The maximum atomic E-state index is 14.6. The summed E-state index contributed by atoms with van der Waals surface area (Å²) in [6.45, 7) is 1.99. The Hall–Kier alpha value is -2.68. The number of Topliss-reactive ketones (excluding diaryl/α,β-unsaturated/α-hetero) is 1. The van der Waals surface area contributed by atoms with Crippen molar-refractivity contribution in [2.75, 3.05) is 0 Å². The lowest BCUT2D eigenvalue weighted by Gasteiger charge is -2.37. The summed E-state index contributed by atoms with van der Waals surface area (Å²) in [5.41, 5.74) is 3.85. The van der Waals surface area contributed by atoms with E-state index in [2.05, 4.69) is 9.98 Å². The normalized spacial score (nSPS) is 21.7. The van der Waals surface area contributed by atoms with Gasteiger partial charge >= 0.3 is 0 Å². The minimum atomic E-state index is -3.29. The van der Waals surface area contributed by atoms with Gasteiger partial charge in [0.1, 0.15) is 5.69 Å². The third kappa shape index (κ3) is 4.56. The van der Waals surface area contributed by atoms with Crippen LogP contribution in [0.4, 0.5) is 17.6 Å². The van der Waals surface area contributed by atoms with Gasteiger partial charge in [-0.05, 0) is 36.8 Å². The van der Waals surface area contributed by atoms with Crippen molar-refractivity contribution >= 4 is 23.4 Å². The zero-order valence-corrected chi connectivity index (χ0v) is 16.8. The van der Waals surface area contributed by atoms with Crippen molar-refractivity contribution in [3.05, 3.63) is 63.9 Å². The highest BCUT2D eigenvalue weighted by Gasteiger charge is 2.47. The van der Waals surface area contributed by atoms with Gasteiger partial charge in [-0.1, -0.05) is 11.6 Å². The Bertz CT molecular complexity index is 1010. The largest absolute Gasteiger partial charge is 0.456 e. The second kappa shape index (κ2) is 7.86. The number of hydrogen-bond acceptors (Lipinski definition) is 5. The smallest absolute Gasteiger partial charge is 0.283 e. The molecule has 0 fully saturated rings. The maximum absolute atomic E-state index is 14.6. The molecule has 2 aromatic rings. The summed E-state index contributed by atoms with van der Waals surface area (Å²) in [5, 5.41) is 0.340. The first-order valence-electron chi connectivity index (χ1n) is 8.92. The molecule has 1 aromatic heterocycles. The van der Waals surface area contributed by atoms with E-state index in [1.807, 2.05) is 0 Å². The molecule has 5 nitrogen and oxygen atoms in total. The van der Waals surface area contributed by atoms with E-state index in [4.69, 9.17) is 22.1 Å². The van der Waals surface area contributed by atoms with Gasteiger partial charge in [0.05, 0.1) is 10.6 Å². The minimum Gasteiger partial charge on any atom is -0.456 e. The Morgan fingerprint density at radius 2 is 2.07 bits per heavy atom. The van der Waals surface area contributed by atoms with E-state index in [0.29, 0.717) is 11.9 Å². The van der Waals surface area contributed by atoms with Crippen LogP contribution in [0, 0.1) is 11.6 Å². The zero-order chi connectivity index (χ0) is 22.3. The number of aromatic nitrogens is 1. The standard InChI is InChI=1S/C20H18ClF4N3O2/c1-19(8-16(20(2,24)25)30-18(26)28-19)12-5-10(6-13(22)17(12)23)7-15(29)14-4-3-11(21)9-27-14/h3-6,9,16H,7-8H2,1-2H3,(H2,26,28)/t16-,19-/m0/s1. The quantitative estimate of drug-likeness (QED) is 0.548. The third-order valence-corrected chi connectivity index (χ3v) is 5.04. The summed E-state index contributed by atoms with van der Waals surface area (Å²) in [4.78, 5) is 20.3. The van der Waals surface area contributed by atoms with Crippen LogP contribution in [0.5, 0.6) is 0 Å². The average Bonchev–Trinajstić information content (AvgIpc) is 2.63. The fourth-order valence-corrected chi connectivity index (χ4v) is 3.38. The molecule has 0 amide bonds. The number of rotatable bonds is 5. The Labute approximate surface area is 174 Å². The second-order valence-corrected chi connectivity index (χ2v) is 7.83. The second-order valence-electron chi connectivity index (χ2n) is 7.39. The number of aliphatic imine (C=N–C) groups is 1. The van der Waals surface area contributed by atoms with Crippen molar-refractivity contribution < 1.29 is 27.1 Å². The highest BCUT2D eigenvalue weighted by molar-refractivity contribution is 6.30. The van der Waals surface area contributed by atoms with E-state index in [1.54, 1.807) is 0 Å². The molecule has 0 saturated carbocycles. The molecule has 0 saturated heterocycles. The lowest BCUT2D eigenvalue weighted by atomic mass is 9.83. The maximum Gasteiger partial charge on any atom is 0.283 e. The molecule has 1 aromatic carbocycles. The third-order valence-electron chi connectivity index (χ3n) is 4.81. The fraction of sp³-hybridized carbons (Fsp3) is 0.350. The van der Waals surface area contributed by atoms with Crippen LogP contribution in [-0.4, -0.2) is 28.8 Å². The summed E-state index contributed by atoms with van der Waals surface area (Å²) >= 11 is 5.74. The van der Waals surface area contributed by atoms with E-state index in [-0.39, 0.29) is 23.2 Å². The number of halogens is 5. The highest BCUT2D eigenvalue weighted by Crippen LogP contribution is 2.40. The van der Waals surface area contributed by atoms with E-state index in [1.165, 1.54) is 31.3 Å². The van der Waals surface area contributed by atoms with Crippen LogP contribution >= 0.6 is 11.6 Å². The summed E-state index contributed by atoms with van der Waals surface area (Å²) < 4.78 is 61.5. The molecule has 2 heterocycles. The topological polar surface area (TPSA) is 77.6 Å². The van der Waals surface area contributed by atoms with E-state index < -0.39 is 47.4 Å². The fourth-order valence-electron chi connectivity index (χ4n) is 3.27. The van der Waals surface area contributed by atoms with Gasteiger partial charge in [0, 0.05) is 31.5 Å². The van der Waals surface area contributed by atoms with Crippen molar-refractivity contribution in [3.63, 3.8) is 0 Å². The first kappa shape index (κ1) is 22.0. The molecule has 0 aliphatic carbocycles. The number of nitrogens with zero attached hydrogens (tertiary/aromatic N) is 2. The Kier molecular flexibility index (Phi) is 5.77. The van der Waals surface area contributed by atoms with Crippen LogP contribution in [0.25, 0.3) is 0 Å². The van der Waals surface area contributed by atoms with Gasteiger partial charge in [0.15, 0.2) is 23.5 Å². The molecule has 0 bridgehead atoms. The van der Waals surface area contributed by atoms with Crippen LogP contribution in [-0.2, 0) is 16.7 Å². The molecule has 0 radical (unpaired) electrons. The summed E-state index contributed by atoms with van der Waals surface area (Å²) in [6, 6.07) is 4.42. The van der Waals surface area contributed by atoms with E-state index >= 15 is 0 Å². The summed E-state index contributed by atoms with van der Waals surface area (Å²) in [7, 11) is 0. The first-order valence-corrected chi connectivity index (χ1v) is 9.30. The molecular formula is C20H18ClF4N3O2. The van der Waals surface area contributed by atoms with E-state index in [0.717, 1.165) is 6.07 Å². The van der Waals surface area contributed by atoms with Crippen molar-refractivity contribution in [2.45, 2.75) is 44.3 Å². The number of carbonyl (C=O) groups excluding carboxylic acids is 1. The van der Waals surface area contributed by atoms with Gasteiger partial charge < -0.3 is 10.5 Å². The van der Waals surface area contributed by atoms with Crippen LogP contribution in [0.15, 0.2) is 35.5 Å². The molecule has 1 aliphatic rings. The van der Waals surface area contributed by atoms with Gasteiger partial charge in [-0.2, -0.15) is 0 Å². The first-order chi connectivity index (χ1) is 13.9. The van der Waals surface area contributed by atoms with Crippen molar-refractivity contribution in [1.29, 1.82) is 0 Å². The number of amidine groups is 1. The van der Waals surface area contributed by atoms with Crippen molar-refractivity contribution in [1.82, 2.24) is 4.98 Å². The highest BCUT2D eigenvalue weighted by atomic mass is 35.5. The van der Waals surface area contributed by atoms with Crippen LogP contribution < -0.4 is 5.73 Å². The average molecular weight is 444 g/mol. The van der Waals surface area contributed by atoms with Gasteiger partial charge in [0.25, 0.3) is 11.9 Å². The molecule has 30 heavy (non-hydrogen) atoms. The van der Waals surface area contributed by atoms with Crippen molar-refractivity contribution in [2.24, 2.45) is 10.7 Å². The Morgan fingerprint density at radius 3 is 2.67 bits per heavy atom. The number of benzene rings is 1. The van der Waals surface area contributed by atoms with Crippen LogP contribution in [0.1, 0.15) is 41.9 Å². The molecule has 1 aliphatic heterocycles. The molecule has 0 spiro atoms. The molecule has 160 valence electrons.